The molecule has 0 unspecified atom stereocenters. The lowest BCUT2D eigenvalue weighted by Gasteiger charge is -2.08. The van der Waals surface area contributed by atoms with Crippen molar-refractivity contribution in [1.29, 1.82) is 5.26 Å². The molecule has 0 aromatic heterocycles. The van der Waals surface area contributed by atoms with Crippen LogP contribution < -0.4 is 0 Å². The van der Waals surface area contributed by atoms with Crippen LogP contribution in [0.2, 0.25) is 0 Å². The Labute approximate surface area is 107 Å². The first kappa shape index (κ1) is 14.6. The summed E-state index contributed by atoms with van der Waals surface area (Å²) in [5.41, 5.74) is 0.837. The van der Waals surface area contributed by atoms with Gasteiger partial charge in [0.1, 0.15) is 5.82 Å². The van der Waals surface area contributed by atoms with E-state index in [1.54, 1.807) is 0 Å². The van der Waals surface area contributed by atoms with Crippen LogP contribution in [0.3, 0.4) is 0 Å². The Morgan fingerprint density at radius 2 is 2.00 bits per heavy atom. The number of rotatable bonds is 7. The molecule has 0 aliphatic heterocycles. The molecule has 0 saturated heterocycles. The number of nitriles is 1. The molecule has 0 bridgehead atoms. The van der Waals surface area contributed by atoms with Crippen molar-refractivity contribution in [2.45, 2.75) is 20.5 Å². The highest BCUT2D eigenvalue weighted by Crippen LogP contribution is 2.11. The van der Waals surface area contributed by atoms with Crippen molar-refractivity contribution < 1.29 is 13.9 Å². The monoisotopic (exact) mass is 251 g/mol. The smallest absolute Gasteiger partial charge is 0.128 e. The lowest BCUT2D eigenvalue weighted by molar-refractivity contribution is 0.0307. The number of halogens is 1. The Morgan fingerprint density at radius 3 is 2.67 bits per heavy atom. The molecule has 0 spiro atoms. The molecule has 3 nitrogen and oxygen atoms in total. The molecule has 0 aliphatic carbocycles. The molecule has 0 fully saturated rings. The summed E-state index contributed by atoms with van der Waals surface area (Å²) in [5.74, 6) is 0.145. The van der Waals surface area contributed by atoms with Gasteiger partial charge in [0.2, 0.25) is 0 Å². The van der Waals surface area contributed by atoms with Crippen LogP contribution in [-0.4, -0.2) is 19.8 Å². The van der Waals surface area contributed by atoms with Crippen LogP contribution in [0.4, 0.5) is 4.39 Å². The van der Waals surface area contributed by atoms with Crippen molar-refractivity contribution in [3.63, 3.8) is 0 Å². The molecule has 18 heavy (non-hydrogen) atoms. The van der Waals surface area contributed by atoms with Crippen LogP contribution in [0.15, 0.2) is 18.2 Å². The maximum absolute atomic E-state index is 13.4. The van der Waals surface area contributed by atoms with Crippen LogP contribution in [-0.2, 0) is 16.1 Å². The summed E-state index contributed by atoms with van der Waals surface area (Å²) in [6.07, 6.45) is 0. The number of hydrogen-bond acceptors (Lipinski definition) is 3. The number of nitrogens with zero attached hydrogens (tertiary/aromatic N) is 1. The largest absolute Gasteiger partial charge is 0.379 e. The molecule has 0 aliphatic rings. The molecule has 1 aromatic carbocycles. The highest BCUT2D eigenvalue weighted by atomic mass is 19.1. The fourth-order valence-corrected chi connectivity index (χ4v) is 1.37. The number of hydrogen-bond donors (Lipinski definition) is 0. The predicted octanol–water partition coefficient (Wildman–Crippen LogP) is 2.89. The van der Waals surface area contributed by atoms with Gasteiger partial charge in [-0.15, -0.1) is 0 Å². The Bertz CT molecular complexity index is 413. The highest BCUT2D eigenvalue weighted by molar-refractivity contribution is 5.33. The summed E-state index contributed by atoms with van der Waals surface area (Å²) >= 11 is 0. The molecule has 0 amide bonds. The van der Waals surface area contributed by atoms with E-state index in [4.69, 9.17) is 14.7 Å². The molecule has 98 valence electrons. The molecule has 0 radical (unpaired) electrons. The lowest BCUT2D eigenvalue weighted by Crippen LogP contribution is -2.09. The molecule has 0 atom stereocenters. The third kappa shape index (κ3) is 5.26. The van der Waals surface area contributed by atoms with Crippen molar-refractivity contribution in [2.75, 3.05) is 19.8 Å². The molecule has 0 heterocycles. The van der Waals surface area contributed by atoms with Crippen molar-refractivity contribution in [2.24, 2.45) is 5.92 Å². The Morgan fingerprint density at radius 1 is 1.28 bits per heavy atom. The zero-order chi connectivity index (χ0) is 13.4. The SMILES string of the molecule is CC(C)COCCOCc1cc(C#N)ccc1F. The molecule has 0 N–H and O–H groups in total. The van der Waals surface area contributed by atoms with E-state index in [1.807, 2.05) is 6.07 Å². The molecule has 4 heteroatoms. The van der Waals surface area contributed by atoms with E-state index >= 15 is 0 Å². The minimum Gasteiger partial charge on any atom is -0.379 e. The van der Waals surface area contributed by atoms with Crippen molar-refractivity contribution in [1.82, 2.24) is 0 Å². The second kappa shape index (κ2) is 7.80. The standard InChI is InChI=1S/C14H18FNO2/c1-11(2)9-17-5-6-18-10-13-7-12(8-16)3-4-14(13)15/h3-4,7,11H,5-6,9-10H2,1-2H3. The first-order valence-corrected chi connectivity index (χ1v) is 5.97. The summed E-state index contributed by atoms with van der Waals surface area (Å²) < 4.78 is 24.0. The van der Waals surface area contributed by atoms with E-state index in [1.165, 1.54) is 18.2 Å². The average molecular weight is 251 g/mol. The predicted molar refractivity (Wildman–Crippen MR) is 66.4 cm³/mol. The topological polar surface area (TPSA) is 42.2 Å². The minimum atomic E-state index is -0.350. The van der Waals surface area contributed by atoms with Crippen LogP contribution in [0, 0.1) is 23.1 Å². The van der Waals surface area contributed by atoms with Gasteiger partial charge >= 0.3 is 0 Å². The van der Waals surface area contributed by atoms with Gasteiger partial charge in [0.15, 0.2) is 0 Å². The first-order chi connectivity index (χ1) is 8.63. The fourth-order valence-electron chi connectivity index (χ4n) is 1.37. The van der Waals surface area contributed by atoms with Crippen LogP contribution >= 0.6 is 0 Å². The second-order valence-corrected chi connectivity index (χ2v) is 4.44. The van der Waals surface area contributed by atoms with Gasteiger partial charge in [0.05, 0.1) is 31.5 Å². The zero-order valence-corrected chi connectivity index (χ0v) is 10.8. The molecular formula is C14H18FNO2. The van der Waals surface area contributed by atoms with Gasteiger partial charge in [-0.05, 0) is 24.1 Å². The van der Waals surface area contributed by atoms with E-state index in [2.05, 4.69) is 13.8 Å². The van der Waals surface area contributed by atoms with Crippen LogP contribution in [0.5, 0.6) is 0 Å². The third-order valence-electron chi connectivity index (χ3n) is 2.26. The van der Waals surface area contributed by atoms with Crippen molar-refractivity contribution in [3.05, 3.63) is 35.1 Å². The molecule has 1 rings (SSSR count). The normalized spacial score (nSPS) is 10.6. The summed E-state index contributed by atoms with van der Waals surface area (Å²) in [5, 5.41) is 8.71. The van der Waals surface area contributed by atoms with E-state index < -0.39 is 0 Å². The first-order valence-electron chi connectivity index (χ1n) is 5.97. The summed E-state index contributed by atoms with van der Waals surface area (Å²) in [6, 6.07) is 6.21. The third-order valence-corrected chi connectivity index (χ3v) is 2.26. The zero-order valence-electron chi connectivity index (χ0n) is 10.8. The van der Waals surface area contributed by atoms with Gasteiger partial charge in [-0.2, -0.15) is 5.26 Å². The van der Waals surface area contributed by atoms with E-state index in [-0.39, 0.29) is 12.4 Å². The molecular weight excluding hydrogens is 233 g/mol. The highest BCUT2D eigenvalue weighted by Gasteiger charge is 2.03. The summed E-state index contributed by atoms with van der Waals surface area (Å²) in [6.45, 7) is 5.92. The average Bonchev–Trinajstić information content (AvgIpc) is 2.35. The van der Waals surface area contributed by atoms with E-state index in [9.17, 15) is 4.39 Å². The van der Waals surface area contributed by atoms with Gasteiger partial charge in [0, 0.05) is 12.2 Å². The number of benzene rings is 1. The second-order valence-electron chi connectivity index (χ2n) is 4.44. The van der Waals surface area contributed by atoms with Crippen LogP contribution in [0.25, 0.3) is 0 Å². The molecule has 0 saturated carbocycles. The van der Waals surface area contributed by atoms with Crippen molar-refractivity contribution in [3.8, 4) is 6.07 Å². The Hall–Kier alpha value is -1.44. The van der Waals surface area contributed by atoms with Gasteiger partial charge < -0.3 is 9.47 Å². The Kier molecular flexibility index (Phi) is 6.34. The lowest BCUT2D eigenvalue weighted by atomic mass is 10.1. The quantitative estimate of drug-likeness (QED) is 0.700. The van der Waals surface area contributed by atoms with Crippen molar-refractivity contribution >= 4 is 0 Å². The maximum atomic E-state index is 13.4. The van der Waals surface area contributed by atoms with Gasteiger partial charge in [0.25, 0.3) is 0 Å². The van der Waals surface area contributed by atoms with E-state index in [0.717, 1.165) is 0 Å². The van der Waals surface area contributed by atoms with Gasteiger partial charge in [-0.25, -0.2) is 4.39 Å². The van der Waals surface area contributed by atoms with E-state index in [0.29, 0.717) is 36.9 Å². The van der Waals surface area contributed by atoms with Crippen LogP contribution in [0.1, 0.15) is 25.0 Å². The van der Waals surface area contributed by atoms with Gasteiger partial charge in [-0.3, -0.25) is 0 Å². The Balaban J connectivity index is 2.29. The summed E-state index contributed by atoms with van der Waals surface area (Å²) in [4.78, 5) is 0. The minimum absolute atomic E-state index is 0.159. The fraction of sp³-hybridized carbons (Fsp3) is 0.500. The van der Waals surface area contributed by atoms with Gasteiger partial charge in [-0.1, -0.05) is 13.8 Å². The molecule has 1 aromatic rings. The summed E-state index contributed by atoms with van der Waals surface area (Å²) in [7, 11) is 0. The number of ether oxygens (including phenoxy) is 2. The maximum Gasteiger partial charge on any atom is 0.128 e.